The molecule has 0 N–H and O–H groups in total. The molecule has 0 unspecified atom stereocenters. The Morgan fingerprint density at radius 2 is 1.94 bits per heavy atom. The van der Waals surface area contributed by atoms with Gasteiger partial charge in [-0.1, -0.05) is 22.5 Å². The second-order valence-corrected chi connectivity index (χ2v) is 8.13. The monoisotopic (exact) mass is 497 g/mol. The van der Waals surface area contributed by atoms with Crippen molar-refractivity contribution < 1.29 is 26.8 Å². The van der Waals surface area contributed by atoms with Crippen molar-refractivity contribution in [3.8, 4) is 28.7 Å². The first-order valence-electron chi connectivity index (χ1n) is 10.7. The van der Waals surface area contributed by atoms with Crippen LogP contribution in [0.4, 0.5) is 17.6 Å². The highest BCUT2D eigenvalue weighted by atomic mass is 19.4. The number of fused-ring (bicyclic) bond motifs is 5. The van der Waals surface area contributed by atoms with Crippen LogP contribution in [0.2, 0.25) is 0 Å². The zero-order valence-corrected chi connectivity index (χ0v) is 18.5. The van der Waals surface area contributed by atoms with Crippen LogP contribution in [0.3, 0.4) is 0 Å². The highest BCUT2D eigenvalue weighted by Crippen LogP contribution is 2.36. The van der Waals surface area contributed by atoms with Gasteiger partial charge in [-0.3, -0.25) is 4.57 Å². The van der Waals surface area contributed by atoms with Crippen LogP contribution < -0.4 is 4.74 Å². The Bertz CT molecular complexity index is 1600. The molecule has 0 saturated carbocycles. The second-order valence-electron chi connectivity index (χ2n) is 8.13. The summed E-state index contributed by atoms with van der Waals surface area (Å²) in [6, 6.07) is 10.0. The first-order chi connectivity index (χ1) is 17.2. The Kier molecular flexibility index (Phi) is 4.88. The number of hydrogen-bond donors (Lipinski definition) is 0. The third kappa shape index (κ3) is 3.87. The zero-order chi connectivity index (χ0) is 25.0. The van der Waals surface area contributed by atoms with E-state index >= 15 is 0 Å². The minimum absolute atomic E-state index is 0.201. The molecule has 5 aromatic rings. The molecule has 0 atom stereocenters. The molecule has 1 aliphatic rings. The first-order valence-corrected chi connectivity index (χ1v) is 10.7. The molecule has 9 nitrogen and oxygen atoms in total. The largest absolute Gasteiger partial charge is 0.573 e. The Morgan fingerprint density at radius 1 is 1.08 bits per heavy atom. The fourth-order valence-electron chi connectivity index (χ4n) is 4.24. The summed E-state index contributed by atoms with van der Waals surface area (Å²) in [5.41, 5.74) is 3.63. The van der Waals surface area contributed by atoms with Crippen LogP contribution in [0.1, 0.15) is 28.5 Å². The summed E-state index contributed by atoms with van der Waals surface area (Å²) in [7, 11) is 0. The van der Waals surface area contributed by atoms with Gasteiger partial charge in [0.1, 0.15) is 17.9 Å². The van der Waals surface area contributed by atoms with Crippen LogP contribution in [0.25, 0.3) is 23.0 Å². The molecule has 13 heteroatoms. The lowest BCUT2D eigenvalue weighted by molar-refractivity contribution is -0.274. The maximum absolute atomic E-state index is 13.8. The van der Waals surface area contributed by atoms with E-state index in [1.54, 1.807) is 23.6 Å². The molecule has 0 spiro atoms. The van der Waals surface area contributed by atoms with Crippen LogP contribution in [0.5, 0.6) is 5.75 Å². The predicted molar refractivity (Wildman–Crippen MR) is 115 cm³/mol. The van der Waals surface area contributed by atoms with E-state index in [4.69, 9.17) is 4.52 Å². The summed E-state index contributed by atoms with van der Waals surface area (Å²) in [6.07, 6.45) is -2.85. The molecule has 0 saturated heterocycles. The van der Waals surface area contributed by atoms with E-state index in [0.717, 1.165) is 0 Å². The van der Waals surface area contributed by atoms with Crippen molar-refractivity contribution in [3.63, 3.8) is 0 Å². The topological polar surface area (TPSA) is 96.7 Å². The van der Waals surface area contributed by atoms with E-state index in [0.29, 0.717) is 45.5 Å². The molecular weight excluding hydrogens is 482 g/mol. The highest BCUT2D eigenvalue weighted by Gasteiger charge is 2.33. The van der Waals surface area contributed by atoms with Gasteiger partial charge in [0.15, 0.2) is 11.5 Å². The van der Waals surface area contributed by atoms with E-state index in [2.05, 4.69) is 30.2 Å². The number of ether oxygens (including phenoxy) is 1. The van der Waals surface area contributed by atoms with Crippen molar-refractivity contribution in [1.29, 1.82) is 0 Å². The molecular formula is C23H15F4N7O2. The molecule has 0 bridgehead atoms. The molecule has 0 radical (unpaired) electrons. The number of aromatic nitrogens is 7. The van der Waals surface area contributed by atoms with E-state index in [-0.39, 0.29) is 18.7 Å². The number of halogens is 4. The van der Waals surface area contributed by atoms with E-state index in [9.17, 15) is 17.6 Å². The van der Waals surface area contributed by atoms with Crippen LogP contribution in [0, 0.1) is 12.7 Å². The summed E-state index contributed by atoms with van der Waals surface area (Å²) < 4.78 is 65.2. The van der Waals surface area contributed by atoms with Gasteiger partial charge in [-0.25, -0.2) is 14.1 Å². The number of alkyl halides is 3. The minimum Gasteiger partial charge on any atom is -0.406 e. The lowest BCUT2D eigenvalue weighted by Crippen LogP contribution is -2.17. The zero-order valence-electron chi connectivity index (χ0n) is 18.5. The van der Waals surface area contributed by atoms with E-state index < -0.39 is 17.9 Å². The molecule has 36 heavy (non-hydrogen) atoms. The average Bonchev–Trinajstić information content (AvgIpc) is 3.51. The van der Waals surface area contributed by atoms with Gasteiger partial charge in [0.2, 0.25) is 0 Å². The van der Waals surface area contributed by atoms with Crippen LogP contribution >= 0.6 is 0 Å². The summed E-state index contributed by atoms with van der Waals surface area (Å²) >= 11 is 0. The fourth-order valence-corrected chi connectivity index (χ4v) is 4.24. The van der Waals surface area contributed by atoms with E-state index in [1.807, 2.05) is 0 Å². The van der Waals surface area contributed by atoms with Crippen molar-refractivity contribution >= 4 is 0 Å². The number of benzene rings is 2. The summed E-state index contributed by atoms with van der Waals surface area (Å²) in [5.74, 6) is -0.177. The predicted octanol–water partition coefficient (Wildman–Crippen LogP) is 4.34. The van der Waals surface area contributed by atoms with Gasteiger partial charge in [-0.05, 0) is 36.8 Å². The number of nitrogens with zero attached hydrogens (tertiary/aromatic N) is 7. The molecule has 3 aromatic heterocycles. The Morgan fingerprint density at radius 3 is 2.69 bits per heavy atom. The van der Waals surface area contributed by atoms with Crippen molar-refractivity contribution in [2.45, 2.75) is 26.1 Å². The van der Waals surface area contributed by atoms with Gasteiger partial charge >= 0.3 is 6.36 Å². The SMILES string of the molecule is Cc1noc(-c2ncn3c2Cc2c(Cc4cccc(F)c4)nnn2-c2cc(OC(F)(F)F)ccc2-3)n1. The Labute approximate surface area is 200 Å². The van der Waals surface area contributed by atoms with Gasteiger partial charge in [0.25, 0.3) is 5.89 Å². The van der Waals surface area contributed by atoms with Crippen molar-refractivity contribution in [1.82, 2.24) is 34.7 Å². The Balaban J connectivity index is 1.54. The third-order valence-corrected chi connectivity index (χ3v) is 5.70. The lowest BCUT2D eigenvalue weighted by Gasteiger charge is -2.13. The molecule has 0 fully saturated rings. The minimum atomic E-state index is -4.87. The fraction of sp³-hybridized carbons (Fsp3) is 0.174. The van der Waals surface area contributed by atoms with Crippen molar-refractivity contribution in [3.05, 3.63) is 83.1 Å². The van der Waals surface area contributed by atoms with Crippen molar-refractivity contribution in [2.75, 3.05) is 0 Å². The van der Waals surface area contributed by atoms with Gasteiger partial charge < -0.3 is 9.26 Å². The highest BCUT2D eigenvalue weighted by molar-refractivity contribution is 5.63. The molecule has 2 aromatic carbocycles. The molecule has 0 amide bonds. The maximum atomic E-state index is 13.8. The number of rotatable bonds is 4. The number of aryl methyl sites for hydroxylation is 1. The van der Waals surface area contributed by atoms with Gasteiger partial charge in [0.05, 0.1) is 28.5 Å². The average molecular weight is 497 g/mol. The first kappa shape index (κ1) is 21.9. The molecule has 0 aliphatic carbocycles. The standard InChI is InChI=1S/C23H15F4N7O2/c1-12-29-22(36-31-12)21-20-10-18-16(8-13-3-2-4-14(24)7-13)30-32-34(18)19-9-15(35-23(25,26)27)5-6-17(19)33(20)11-28-21/h2-7,9,11H,8,10H2,1H3. The lowest BCUT2D eigenvalue weighted by atomic mass is 10.1. The normalized spacial score (nSPS) is 12.6. The third-order valence-electron chi connectivity index (χ3n) is 5.70. The maximum Gasteiger partial charge on any atom is 0.573 e. The van der Waals surface area contributed by atoms with Crippen LogP contribution in [-0.2, 0) is 12.8 Å². The number of imidazole rings is 1. The number of hydrogen-bond acceptors (Lipinski definition) is 7. The quantitative estimate of drug-likeness (QED) is 0.334. The molecule has 6 rings (SSSR count). The summed E-state index contributed by atoms with van der Waals surface area (Å²) in [6.45, 7) is 1.68. The molecule has 4 heterocycles. The Hall–Kier alpha value is -4.55. The molecule has 182 valence electrons. The van der Waals surface area contributed by atoms with Gasteiger partial charge in [-0.15, -0.1) is 18.3 Å². The van der Waals surface area contributed by atoms with Crippen LogP contribution in [0.15, 0.2) is 53.3 Å². The van der Waals surface area contributed by atoms with Gasteiger partial charge in [-0.2, -0.15) is 4.98 Å². The van der Waals surface area contributed by atoms with Crippen molar-refractivity contribution in [2.24, 2.45) is 0 Å². The smallest absolute Gasteiger partial charge is 0.406 e. The molecule has 1 aliphatic heterocycles. The summed E-state index contributed by atoms with van der Waals surface area (Å²) in [4.78, 5) is 8.71. The second kappa shape index (κ2) is 8.00. The van der Waals surface area contributed by atoms with Crippen LogP contribution in [-0.4, -0.2) is 41.0 Å². The summed E-state index contributed by atoms with van der Waals surface area (Å²) in [5, 5.41) is 12.3. The van der Waals surface area contributed by atoms with Gasteiger partial charge in [0, 0.05) is 18.9 Å². The van der Waals surface area contributed by atoms with E-state index in [1.165, 1.54) is 41.3 Å².